The van der Waals surface area contributed by atoms with Gasteiger partial charge in [-0.2, -0.15) is 0 Å². The summed E-state index contributed by atoms with van der Waals surface area (Å²) in [7, 11) is 4.07. The summed E-state index contributed by atoms with van der Waals surface area (Å²) in [5.41, 5.74) is 0.103. The number of amides is 1. The molecule has 0 bridgehead atoms. The maximum atomic E-state index is 12.0. The molecule has 20 heavy (non-hydrogen) atoms. The highest BCUT2D eigenvalue weighted by atomic mass is 16.2. The molecule has 0 spiro atoms. The van der Waals surface area contributed by atoms with Crippen molar-refractivity contribution >= 4 is 11.9 Å². The Hall–Kier alpha value is -1.69. The van der Waals surface area contributed by atoms with Gasteiger partial charge in [0.25, 0.3) is 5.91 Å². The molecule has 1 amide bonds. The minimum Gasteiger partial charge on any atom is -0.354 e. The Labute approximate surface area is 121 Å². The molecule has 1 heterocycles. The summed E-state index contributed by atoms with van der Waals surface area (Å²) in [6.07, 6.45) is 2.59. The summed E-state index contributed by atoms with van der Waals surface area (Å²) in [6.45, 7) is 7.59. The fraction of sp³-hybridized carbons (Fsp3) is 0.643. The molecule has 0 fully saturated rings. The van der Waals surface area contributed by atoms with E-state index in [1.807, 2.05) is 34.9 Å². The van der Waals surface area contributed by atoms with Gasteiger partial charge in [0.15, 0.2) is 0 Å². The van der Waals surface area contributed by atoms with Crippen molar-refractivity contribution in [2.24, 2.45) is 0 Å². The summed E-state index contributed by atoms with van der Waals surface area (Å²) in [5, 5.41) is 6.01. The van der Waals surface area contributed by atoms with Gasteiger partial charge in [0, 0.05) is 18.3 Å². The number of aromatic nitrogens is 2. The lowest BCUT2D eigenvalue weighted by molar-refractivity contribution is 0.0914. The third-order valence-corrected chi connectivity index (χ3v) is 2.44. The minimum atomic E-state index is -0.276. The van der Waals surface area contributed by atoms with Gasteiger partial charge in [-0.3, -0.25) is 4.79 Å². The normalized spacial score (nSPS) is 11.5. The molecule has 1 aromatic rings. The van der Waals surface area contributed by atoms with E-state index in [1.54, 1.807) is 12.3 Å². The van der Waals surface area contributed by atoms with Crippen LogP contribution in [0, 0.1) is 0 Å². The molecule has 0 aliphatic rings. The monoisotopic (exact) mass is 279 g/mol. The lowest BCUT2D eigenvalue weighted by Gasteiger charge is -2.20. The topological polar surface area (TPSA) is 70.2 Å². The van der Waals surface area contributed by atoms with Gasteiger partial charge in [-0.05, 0) is 53.9 Å². The van der Waals surface area contributed by atoms with E-state index >= 15 is 0 Å². The Morgan fingerprint density at radius 3 is 2.65 bits per heavy atom. The molecule has 0 radical (unpaired) electrons. The third kappa shape index (κ3) is 6.47. The van der Waals surface area contributed by atoms with Crippen LogP contribution in [0.15, 0.2) is 12.3 Å². The highest BCUT2D eigenvalue weighted by molar-refractivity contribution is 5.92. The van der Waals surface area contributed by atoms with Crippen LogP contribution in [0.1, 0.15) is 37.7 Å². The maximum Gasteiger partial charge on any atom is 0.270 e. The van der Waals surface area contributed by atoms with E-state index in [4.69, 9.17) is 0 Å². The number of nitrogens with zero attached hydrogens (tertiary/aromatic N) is 3. The maximum absolute atomic E-state index is 12.0. The molecule has 0 atom stereocenters. The lowest BCUT2D eigenvalue weighted by Crippen LogP contribution is -2.41. The summed E-state index contributed by atoms with van der Waals surface area (Å²) in [4.78, 5) is 22.5. The molecule has 0 unspecified atom stereocenters. The molecule has 2 N–H and O–H groups in total. The number of hydrogen-bond acceptors (Lipinski definition) is 5. The van der Waals surface area contributed by atoms with Crippen LogP contribution in [0.5, 0.6) is 0 Å². The van der Waals surface area contributed by atoms with E-state index in [2.05, 4.69) is 25.5 Å². The van der Waals surface area contributed by atoms with Crippen LogP contribution >= 0.6 is 0 Å². The molecule has 0 saturated carbocycles. The van der Waals surface area contributed by atoms with E-state index in [-0.39, 0.29) is 11.4 Å². The standard InChI is InChI=1S/C14H25N5O/c1-14(2,3)18-12(20)11-7-9-16-13(17-11)15-8-6-10-19(4)5/h7,9H,6,8,10H2,1-5H3,(H,18,20)(H,15,16,17). The zero-order valence-electron chi connectivity index (χ0n) is 13.0. The van der Waals surface area contributed by atoms with Gasteiger partial charge in [0.2, 0.25) is 5.95 Å². The van der Waals surface area contributed by atoms with Crippen molar-refractivity contribution in [1.82, 2.24) is 20.2 Å². The molecule has 112 valence electrons. The zero-order valence-corrected chi connectivity index (χ0v) is 13.0. The van der Waals surface area contributed by atoms with E-state index in [0.29, 0.717) is 11.6 Å². The molecule has 1 rings (SSSR count). The molecule has 0 aliphatic heterocycles. The summed E-state index contributed by atoms with van der Waals surface area (Å²) < 4.78 is 0. The number of rotatable bonds is 6. The average molecular weight is 279 g/mol. The second-order valence-corrected chi connectivity index (χ2v) is 6.05. The van der Waals surface area contributed by atoms with Crippen molar-refractivity contribution in [3.63, 3.8) is 0 Å². The highest BCUT2D eigenvalue weighted by Crippen LogP contribution is 2.04. The van der Waals surface area contributed by atoms with Crippen molar-refractivity contribution in [3.8, 4) is 0 Å². The average Bonchev–Trinajstić information content (AvgIpc) is 2.33. The Morgan fingerprint density at radius 2 is 2.05 bits per heavy atom. The molecule has 6 heteroatoms. The number of anilines is 1. The van der Waals surface area contributed by atoms with Gasteiger partial charge >= 0.3 is 0 Å². The van der Waals surface area contributed by atoms with E-state index < -0.39 is 0 Å². The Balaban J connectivity index is 2.55. The van der Waals surface area contributed by atoms with Crippen LogP contribution in [-0.4, -0.2) is 53.5 Å². The quantitative estimate of drug-likeness (QED) is 0.770. The first-order valence-electron chi connectivity index (χ1n) is 6.82. The Bertz CT molecular complexity index is 439. The lowest BCUT2D eigenvalue weighted by atomic mass is 10.1. The van der Waals surface area contributed by atoms with Gasteiger partial charge in [-0.25, -0.2) is 9.97 Å². The smallest absolute Gasteiger partial charge is 0.270 e. The minimum absolute atomic E-state index is 0.184. The van der Waals surface area contributed by atoms with E-state index in [1.165, 1.54) is 0 Å². The molecular formula is C14H25N5O. The first kappa shape index (κ1) is 16.4. The fourth-order valence-electron chi connectivity index (χ4n) is 1.57. The highest BCUT2D eigenvalue weighted by Gasteiger charge is 2.16. The van der Waals surface area contributed by atoms with Crippen LogP contribution in [0.4, 0.5) is 5.95 Å². The second kappa shape index (κ2) is 7.19. The number of nitrogens with one attached hydrogen (secondary N) is 2. The van der Waals surface area contributed by atoms with Crippen LogP contribution in [-0.2, 0) is 0 Å². The van der Waals surface area contributed by atoms with Crippen molar-refractivity contribution in [1.29, 1.82) is 0 Å². The van der Waals surface area contributed by atoms with Gasteiger partial charge < -0.3 is 15.5 Å². The van der Waals surface area contributed by atoms with Gasteiger partial charge in [0.05, 0.1) is 0 Å². The summed E-state index contributed by atoms with van der Waals surface area (Å²) >= 11 is 0. The number of carbonyl (C=O) groups is 1. The molecular weight excluding hydrogens is 254 g/mol. The van der Waals surface area contributed by atoms with Crippen molar-refractivity contribution in [2.75, 3.05) is 32.5 Å². The van der Waals surface area contributed by atoms with Crippen LogP contribution < -0.4 is 10.6 Å². The molecule has 0 aliphatic carbocycles. The van der Waals surface area contributed by atoms with Crippen molar-refractivity contribution in [3.05, 3.63) is 18.0 Å². The first-order valence-corrected chi connectivity index (χ1v) is 6.82. The summed E-state index contributed by atoms with van der Waals surface area (Å²) in [6, 6.07) is 1.62. The summed E-state index contributed by atoms with van der Waals surface area (Å²) in [5.74, 6) is 0.307. The second-order valence-electron chi connectivity index (χ2n) is 6.05. The molecule has 6 nitrogen and oxygen atoms in total. The third-order valence-electron chi connectivity index (χ3n) is 2.44. The molecule has 0 saturated heterocycles. The van der Waals surface area contributed by atoms with Crippen LogP contribution in [0.25, 0.3) is 0 Å². The zero-order chi connectivity index (χ0) is 15.2. The predicted molar refractivity (Wildman–Crippen MR) is 80.9 cm³/mol. The van der Waals surface area contributed by atoms with Crippen LogP contribution in [0.3, 0.4) is 0 Å². The Kier molecular flexibility index (Phi) is 5.88. The number of carbonyl (C=O) groups excluding carboxylic acids is 1. The van der Waals surface area contributed by atoms with Gasteiger partial charge in [-0.1, -0.05) is 0 Å². The largest absolute Gasteiger partial charge is 0.354 e. The van der Waals surface area contributed by atoms with Gasteiger partial charge in [-0.15, -0.1) is 0 Å². The van der Waals surface area contributed by atoms with Crippen molar-refractivity contribution < 1.29 is 4.79 Å². The van der Waals surface area contributed by atoms with Gasteiger partial charge in [0.1, 0.15) is 5.69 Å². The first-order chi connectivity index (χ1) is 9.28. The Morgan fingerprint density at radius 1 is 1.35 bits per heavy atom. The van der Waals surface area contributed by atoms with E-state index in [9.17, 15) is 4.79 Å². The molecule has 0 aromatic carbocycles. The SMILES string of the molecule is CN(C)CCCNc1nccc(C(=O)NC(C)(C)C)n1. The molecule has 1 aromatic heterocycles. The fourth-order valence-corrected chi connectivity index (χ4v) is 1.57. The van der Waals surface area contributed by atoms with Crippen molar-refractivity contribution in [2.45, 2.75) is 32.7 Å². The van der Waals surface area contributed by atoms with E-state index in [0.717, 1.165) is 19.5 Å². The number of hydrogen-bond donors (Lipinski definition) is 2. The predicted octanol–water partition coefficient (Wildman–Crippen LogP) is 1.37. The van der Waals surface area contributed by atoms with Crippen LogP contribution in [0.2, 0.25) is 0 Å².